The third-order valence-electron chi connectivity index (χ3n) is 2.04. The van der Waals surface area contributed by atoms with E-state index in [0.29, 0.717) is 0 Å². The van der Waals surface area contributed by atoms with Crippen LogP contribution in [0.2, 0.25) is 0 Å². The zero-order valence-corrected chi connectivity index (χ0v) is 9.53. The molecule has 17 heavy (non-hydrogen) atoms. The molecule has 0 aliphatic heterocycles. The van der Waals surface area contributed by atoms with Crippen molar-refractivity contribution in [3.05, 3.63) is 27.7 Å². The number of rotatable bonds is 3. The summed E-state index contributed by atoms with van der Waals surface area (Å²) in [6, 6.07) is 0. The highest BCUT2D eigenvalue weighted by Gasteiger charge is 2.22. The maximum absolute atomic E-state index is 11.8. The second-order valence-corrected chi connectivity index (χ2v) is 2.92. The fraction of sp³-hybridized carbons (Fsp3) is 0.300. The first kappa shape index (κ1) is 12.8. The van der Waals surface area contributed by atoms with Crippen LogP contribution in [0, 0.1) is 0 Å². The Balaban J connectivity index is 3.42. The van der Waals surface area contributed by atoms with Crippen LogP contribution in [-0.4, -0.2) is 38.3 Å². The van der Waals surface area contributed by atoms with Crippen LogP contribution in [0.1, 0.15) is 20.8 Å². The van der Waals surface area contributed by atoms with Crippen molar-refractivity contribution in [3.8, 4) is 5.75 Å². The molecule has 0 bridgehead atoms. The number of nitrogens with one attached hydrogen (secondary N) is 1. The van der Waals surface area contributed by atoms with E-state index in [1.165, 1.54) is 7.11 Å². The van der Waals surface area contributed by atoms with Crippen molar-refractivity contribution in [1.29, 1.82) is 0 Å². The van der Waals surface area contributed by atoms with Crippen molar-refractivity contribution in [2.75, 3.05) is 21.3 Å². The van der Waals surface area contributed by atoms with Crippen LogP contribution in [0.4, 0.5) is 0 Å². The largest absolute Gasteiger partial charge is 0.491 e. The molecule has 92 valence electrons. The van der Waals surface area contributed by atoms with Gasteiger partial charge in [0.05, 0.1) is 21.3 Å². The van der Waals surface area contributed by atoms with E-state index in [-0.39, 0.29) is 17.0 Å². The number of hydrogen-bond donors (Lipinski definition) is 1. The van der Waals surface area contributed by atoms with Crippen molar-refractivity contribution in [3.63, 3.8) is 0 Å². The van der Waals surface area contributed by atoms with E-state index in [2.05, 4.69) is 14.5 Å². The van der Waals surface area contributed by atoms with Gasteiger partial charge in [0.25, 0.3) is 0 Å². The van der Waals surface area contributed by atoms with Crippen LogP contribution in [0.3, 0.4) is 0 Å². The Labute approximate surface area is 96.3 Å². The first-order valence-electron chi connectivity index (χ1n) is 4.53. The molecule has 7 nitrogen and oxygen atoms in total. The lowest BCUT2D eigenvalue weighted by atomic mass is 10.2. The molecular formula is C10H11NO6. The molecule has 1 rings (SSSR count). The van der Waals surface area contributed by atoms with Crippen LogP contribution in [0.5, 0.6) is 5.75 Å². The average molecular weight is 241 g/mol. The maximum Gasteiger partial charge on any atom is 0.358 e. The number of methoxy groups -OCH3 is 3. The number of carbonyl (C=O) groups is 2. The first-order valence-corrected chi connectivity index (χ1v) is 4.53. The number of hydrogen-bond acceptors (Lipinski definition) is 6. The van der Waals surface area contributed by atoms with Gasteiger partial charge in [0.15, 0.2) is 11.4 Å². The average Bonchev–Trinajstić information content (AvgIpc) is 2.36. The van der Waals surface area contributed by atoms with Crippen molar-refractivity contribution >= 4 is 11.9 Å². The predicted molar refractivity (Wildman–Crippen MR) is 56.3 cm³/mol. The summed E-state index contributed by atoms with van der Waals surface area (Å²) in [5, 5.41) is 0. The summed E-state index contributed by atoms with van der Waals surface area (Å²) in [5.74, 6) is -1.88. The molecule has 0 amide bonds. The fourth-order valence-corrected chi connectivity index (χ4v) is 1.22. The third-order valence-corrected chi connectivity index (χ3v) is 2.04. The summed E-state index contributed by atoms with van der Waals surface area (Å²) in [5.41, 5.74) is -1.15. The van der Waals surface area contributed by atoms with Crippen molar-refractivity contribution in [1.82, 2.24) is 4.98 Å². The molecule has 1 N–H and O–H groups in total. The van der Waals surface area contributed by atoms with Gasteiger partial charge in [-0.25, -0.2) is 9.59 Å². The molecule has 0 atom stereocenters. The Morgan fingerprint density at radius 3 is 2.18 bits per heavy atom. The topological polar surface area (TPSA) is 94.7 Å². The number of pyridine rings is 1. The molecule has 0 fully saturated rings. The number of esters is 2. The molecule has 0 saturated carbocycles. The highest BCUT2D eigenvalue weighted by molar-refractivity contribution is 5.93. The second kappa shape index (κ2) is 5.15. The maximum atomic E-state index is 11.8. The summed E-state index contributed by atoms with van der Waals surface area (Å²) in [6.45, 7) is 0. The molecule has 7 heteroatoms. The summed E-state index contributed by atoms with van der Waals surface area (Å²) >= 11 is 0. The normalized spacial score (nSPS) is 9.59. The quantitative estimate of drug-likeness (QED) is 0.746. The predicted octanol–water partition coefficient (Wildman–Crippen LogP) is -0.0433. The zero-order valence-electron chi connectivity index (χ0n) is 9.53. The van der Waals surface area contributed by atoms with E-state index in [1.54, 1.807) is 0 Å². The lowest BCUT2D eigenvalue weighted by Crippen LogP contribution is -2.22. The Bertz CT molecular complexity index is 504. The number of ether oxygens (including phenoxy) is 3. The number of H-pyrrole nitrogens is 1. The van der Waals surface area contributed by atoms with Gasteiger partial charge in [-0.3, -0.25) is 4.79 Å². The summed E-state index contributed by atoms with van der Waals surface area (Å²) < 4.78 is 13.6. The zero-order chi connectivity index (χ0) is 13.0. The highest BCUT2D eigenvalue weighted by Crippen LogP contribution is 2.12. The van der Waals surface area contributed by atoms with Crippen LogP contribution >= 0.6 is 0 Å². The Hall–Kier alpha value is -2.31. The van der Waals surface area contributed by atoms with Gasteiger partial charge in [0.1, 0.15) is 5.56 Å². The van der Waals surface area contributed by atoms with Crippen LogP contribution in [0.15, 0.2) is 11.0 Å². The van der Waals surface area contributed by atoms with E-state index < -0.39 is 17.4 Å². The molecule has 0 saturated heterocycles. The molecular weight excluding hydrogens is 230 g/mol. The van der Waals surface area contributed by atoms with Gasteiger partial charge < -0.3 is 19.2 Å². The Morgan fingerprint density at radius 1 is 1.12 bits per heavy atom. The van der Waals surface area contributed by atoms with E-state index in [9.17, 15) is 14.4 Å². The van der Waals surface area contributed by atoms with Crippen LogP contribution < -0.4 is 10.2 Å². The van der Waals surface area contributed by atoms with Gasteiger partial charge in [-0.15, -0.1) is 0 Å². The summed E-state index contributed by atoms with van der Waals surface area (Å²) in [4.78, 5) is 36.8. The van der Waals surface area contributed by atoms with Crippen molar-refractivity contribution in [2.45, 2.75) is 0 Å². The number of aromatic nitrogens is 1. The van der Waals surface area contributed by atoms with E-state index in [4.69, 9.17) is 4.74 Å². The van der Waals surface area contributed by atoms with Gasteiger partial charge >= 0.3 is 11.9 Å². The molecule has 0 radical (unpaired) electrons. The Morgan fingerprint density at radius 2 is 1.71 bits per heavy atom. The molecule has 1 heterocycles. The smallest absolute Gasteiger partial charge is 0.358 e. The van der Waals surface area contributed by atoms with Crippen molar-refractivity contribution in [2.24, 2.45) is 0 Å². The van der Waals surface area contributed by atoms with Gasteiger partial charge in [-0.1, -0.05) is 0 Å². The molecule has 0 aliphatic carbocycles. The van der Waals surface area contributed by atoms with Gasteiger partial charge in [-0.2, -0.15) is 0 Å². The molecule has 1 aromatic heterocycles. The van der Waals surface area contributed by atoms with E-state index >= 15 is 0 Å². The lowest BCUT2D eigenvalue weighted by molar-refractivity contribution is 0.0575. The fourth-order valence-electron chi connectivity index (χ4n) is 1.22. The minimum Gasteiger partial charge on any atom is -0.491 e. The standard InChI is InChI=1S/C10H11NO6/c1-15-8-6(10(14)17-3)11-4-5(7(8)12)9(13)16-2/h4H,1-3H3,(H,11,12). The molecule has 0 aromatic carbocycles. The van der Waals surface area contributed by atoms with Crippen molar-refractivity contribution < 1.29 is 23.8 Å². The monoisotopic (exact) mass is 241 g/mol. The molecule has 0 unspecified atom stereocenters. The number of aromatic amines is 1. The number of carbonyl (C=O) groups excluding carboxylic acids is 2. The highest BCUT2D eigenvalue weighted by atomic mass is 16.5. The second-order valence-electron chi connectivity index (χ2n) is 2.92. The molecule has 0 spiro atoms. The van der Waals surface area contributed by atoms with Gasteiger partial charge in [-0.05, 0) is 0 Å². The first-order chi connectivity index (χ1) is 8.06. The lowest BCUT2D eigenvalue weighted by Gasteiger charge is -2.07. The third kappa shape index (κ3) is 2.27. The van der Waals surface area contributed by atoms with Gasteiger partial charge in [0, 0.05) is 6.20 Å². The van der Waals surface area contributed by atoms with E-state index in [0.717, 1.165) is 20.4 Å². The Kier molecular flexibility index (Phi) is 3.86. The minimum atomic E-state index is -0.819. The minimum absolute atomic E-state index is 0.160. The molecule has 1 aromatic rings. The molecule has 0 aliphatic rings. The van der Waals surface area contributed by atoms with Crippen LogP contribution in [0.25, 0.3) is 0 Å². The van der Waals surface area contributed by atoms with E-state index in [1.807, 2.05) is 0 Å². The summed E-state index contributed by atoms with van der Waals surface area (Å²) in [6.07, 6.45) is 1.07. The van der Waals surface area contributed by atoms with Crippen LogP contribution in [-0.2, 0) is 9.47 Å². The van der Waals surface area contributed by atoms with Gasteiger partial charge in [0.2, 0.25) is 5.43 Å². The summed E-state index contributed by atoms with van der Waals surface area (Å²) in [7, 11) is 3.51. The SMILES string of the molecule is COC(=O)c1[nH]cc(C(=O)OC)c(=O)c1OC.